The van der Waals surface area contributed by atoms with Gasteiger partial charge in [-0.2, -0.15) is 0 Å². The number of hydrogen-bond donors (Lipinski definition) is 1. The lowest BCUT2D eigenvalue weighted by molar-refractivity contribution is -0.119. The molecule has 2 aromatic heterocycles. The Balaban J connectivity index is 1.47. The number of carbonyl (C=O) groups is 3. The second-order valence-electron chi connectivity index (χ2n) is 7.96. The zero-order valence-corrected chi connectivity index (χ0v) is 19.1. The van der Waals surface area contributed by atoms with Gasteiger partial charge in [-0.1, -0.05) is 12.1 Å². The second kappa shape index (κ2) is 9.58. The Kier molecular flexibility index (Phi) is 6.60. The zero-order valence-electron chi connectivity index (χ0n) is 18.3. The van der Waals surface area contributed by atoms with Crippen molar-refractivity contribution in [1.29, 1.82) is 0 Å². The first-order chi connectivity index (χ1) is 15.8. The quantitative estimate of drug-likeness (QED) is 0.541. The molecule has 2 heterocycles. The SMILES string of the molecule is CC(C)OC(=O)c1c(NC(=O)COC(=O)c2cc(=O)c3ccccc3o2)sc2c1CCCC2. The van der Waals surface area contributed by atoms with E-state index in [-0.39, 0.29) is 22.9 Å². The lowest BCUT2D eigenvalue weighted by atomic mass is 9.95. The van der Waals surface area contributed by atoms with Gasteiger partial charge in [-0.3, -0.25) is 9.59 Å². The molecule has 0 aliphatic heterocycles. The number of anilines is 1. The topological polar surface area (TPSA) is 112 Å². The van der Waals surface area contributed by atoms with Crippen LogP contribution in [0.5, 0.6) is 0 Å². The average Bonchev–Trinajstić information content (AvgIpc) is 3.14. The van der Waals surface area contributed by atoms with Crippen LogP contribution in [0, 0.1) is 0 Å². The van der Waals surface area contributed by atoms with Crippen LogP contribution in [0.2, 0.25) is 0 Å². The number of aryl methyl sites for hydroxylation is 1. The molecule has 9 heteroatoms. The Morgan fingerprint density at radius 3 is 2.67 bits per heavy atom. The van der Waals surface area contributed by atoms with Crippen LogP contribution in [0.15, 0.2) is 39.5 Å². The van der Waals surface area contributed by atoms with Crippen LogP contribution in [-0.4, -0.2) is 30.6 Å². The van der Waals surface area contributed by atoms with Crippen LogP contribution < -0.4 is 10.7 Å². The first-order valence-electron chi connectivity index (χ1n) is 10.7. The second-order valence-corrected chi connectivity index (χ2v) is 9.07. The first-order valence-corrected chi connectivity index (χ1v) is 11.5. The minimum absolute atomic E-state index is 0.249. The summed E-state index contributed by atoms with van der Waals surface area (Å²) in [5.41, 5.74) is 1.16. The lowest BCUT2D eigenvalue weighted by Gasteiger charge is -2.14. The summed E-state index contributed by atoms with van der Waals surface area (Å²) in [6, 6.07) is 7.56. The number of ether oxygens (including phenoxy) is 2. The lowest BCUT2D eigenvalue weighted by Crippen LogP contribution is -2.22. The fourth-order valence-corrected chi connectivity index (χ4v) is 5.01. The molecule has 0 unspecified atom stereocenters. The van der Waals surface area contributed by atoms with Gasteiger partial charge in [0.25, 0.3) is 5.91 Å². The van der Waals surface area contributed by atoms with E-state index in [9.17, 15) is 19.2 Å². The first kappa shape index (κ1) is 22.7. The third-order valence-electron chi connectivity index (χ3n) is 5.14. The van der Waals surface area contributed by atoms with Gasteiger partial charge in [-0.15, -0.1) is 11.3 Å². The van der Waals surface area contributed by atoms with E-state index < -0.39 is 24.5 Å². The molecule has 33 heavy (non-hydrogen) atoms. The van der Waals surface area contributed by atoms with Crippen LogP contribution >= 0.6 is 11.3 Å². The molecule has 1 aromatic carbocycles. The highest BCUT2D eigenvalue weighted by Crippen LogP contribution is 2.38. The van der Waals surface area contributed by atoms with Crippen molar-refractivity contribution in [3.05, 3.63) is 62.3 Å². The van der Waals surface area contributed by atoms with Gasteiger partial charge in [0.15, 0.2) is 12.0 Å². The van der Waals surface area contributed by atoms with E-state index in [2.05, 4.69) is 5.32 Å². The van der Waals surface area contributed by atoms with Crippen molar-refractivity contribution in [3.63, 3.8) is 0 Å². The Bertz CT molecular complexity index is 1290. The highest BCUT2D eigenvalue weighted by molar-refractivity contribution is 7.17. The Labute approximate surface area is 193 Å². The van der Waals surface area contributed by atoms with E-state index in [1.54, 1.807) is 38.1 Å². The highest BCUT2D eigenvalue weighted by Gasteiger charge is 2.28. The molecule has 1 aliphatic rings. The van der Waals surface area contributed by atoms with Gasteiger partial charge >= 0.3 is 11.9 Å². The number of esters is 2. The molecule has 172 valence electrons. The van der Waals surface area contributed by atoms with Gasteiger partial charge in [0, 0.05) is 10.9 Å². The van der Waals surface area contributed by atoms with E-state index >= 15 is 0 Å². The van der Waals surface area contributed by atoms with Gasteiger partial charge in [0.2, 0.25) is 5.76 Å². The summed E-state index contributed by atoms with van der Waals surface area (Å²) in [5.74, 6) is -2.31. The summed E-state index contributed by atoms with van der Waals surface area (Å²) < 4.78 is 15.8. The molecule has 0 bridgehead atoms. The average molecular weight is 470 g/mol. The summed E-state index contributed by atoms with van der Waals surface area (Å²) in [4.78, 5) is 50.8. The van der Waals surface area contributed by atoms with Crippen LogP contribution in [0.1, 0.15) is 58.0 Å². The van der Waals surface area contributed by atoms with E-state index in [1.165, 1.54) is 11.3 Å². The van der Waals surface area contributed by atoms with E-state index in [1.807, 2.05) is 0 Å². The van der Waals surface area contributed by atoms with Gasteiger partial charge in [-0.25, -0.2) is 9.59 Å². The summed E-state index contributed by atoms with van der Waals surface area (Å²) in [6.45, 7) is 2.93. The van der Waals surface area contributed by atoms with Gasteiger partial charge in [0.1, 0.15) is 10.6 Å². The van der Waals surface area contributed by atoms with E-state index in [0.717, 1.165) is 42.2 Å². The smallest absolute Gasteiger partial charge is 0.374 e. The number of benzene rings is 1. The maximum atomic E-state index is 12.7. The summed E-state index contributed by atoms with van der Waals surface area (Å²) in [6.07, 6.45) is 3.29. The van der Waals surface area contributed by atoms with Crippen molar-refractivity contribution in [2.75, 3.05) is 11.9 Å². The largest absolute Gasteiger partial charge is 0.459 e. The predicted molar refractivity (Wildman–Crippen MR) is 123 cm³/mol. The number of amides is 1. The number of hydrogen-bond acceptors (Lipinski definition) is 8. The van der Waals surface area contributed by atoms with Crippen LogP contribution in [0.25, 0.3) is 11.0 Å². The van der Waals surface area contributed by atoms with Crippen molar-refractivity contribution in [2.24, 2.45) is 0 Å². The molecule has 1 amide bonds. The monoisotopic (exact) mass is 469 g/mol. The molecule has 0 atom stereocenters. The molecule has 0 radical (unpaired) electrons. The Morgan fingerprint density at radius 1 is 1.12 bits per heavy atom. The predicted octanol–water partition coefficient (Wildman–Crippen LogP) is 4.09. The Morgan fingerprint density at radius 2 is 1.88 bits per heavy atom. The minimum atomic E-state index is -0.932. The molecule has 8 nitrogen and oxygen atoms in total. The molecule has 0 saturated carbocycles. The number of rotatable bonds is 6. The van der Waals surface area contributed by atoms with Crippen molar-refractivity contribution < 1.29 is 28.3 Å². The van der Waals surface area contributed by atoms with Crippen LogP contribution in [-0.2, 0) is 27.1 Å². The van der Waals surface area contributed by atoms with Crippen molar-refractivity contribution in [1.82, 2.24) is 0 Å². The Hall–Kier alpha value is -3.46. The fraction of sp³-hybridized carbons (Fsp3) is 0.333. The molecular weight excluding hydrogens is 446 g/mol. The van der Waals surface area contributed by atoms with Crippen molar-refractivity contribution in [3.8, 4) is 0 Å². The third kappa shape index (κ3) is 4.98. The number of carbonyl (C=O) groups excluding carboxylic acids is 3. The van der Waals surface area contributed by atoms with Gasteiger partial charge < -0.3 is 19.2 Å². The van der Waals surface area contributed by atoms with Gasteiger partial charge in [-0.05, 0) is 57.2 Å². The van der Waals surface area contributed by atoms with Crippen LogP contribution in [0.3, 0.4) is 0 Å². The molecule has 1 N–H and O–H groups in total. The van der Waals surface area contributed by atoms with Gasteiger partial charge in [0.05, 0.1) is 17.1 Å². The molecule has 0 saturated heterocycles. The summed E-state index contributed by atoms with van der Waals surface area (Å²) >= 11 is 1.35. The molecule has 0 spiro atoms. The minimum Gasteiger partial charge on any atom is -0.459 e. The standard InChI is InChI=1S/C24H23NO7S/c1-13(2)31-24(29)21-15-8-4-6-10-19(15)33-22(21)25-20(27)12-30-23(28)18-11-16(26)14-7-3-5-9-17(14)32-18/h3,5,7,9,11,13H,4,6,8,10,12H2,1-2H3,(H,25,27). The fourth-order valence-electron chi connectivity index (χ4n) is 3.71. The summed E-state index contributed by atoms with van der Waals surface area (Å²) in [5, 5.41) is 3.42. The maximum Gasteiger partial charge on any atom is 0.374 e. The molecular formula is C24H23NO7S. The third-order valence-corrected chi connectivity index (χ3v) is 6.35. The van der Waals surface area contributed by atoms with Crippen LogP contribution in [0.4, 0.5) is 5.00 Å². The molecule has 4 rings (SSSR count). The normalized spacial score (nSPS) is 12.9. The number of para-hydroxylation sites is 1. The summed E-state index contributed by atoms with van der Waals surface area (Å²) in [7, 11) is 0. The van der Waals surface area contributed by atoms with E-state index in [0.29, 0.717) is 16.0 Å². The molecule has 3 aromatic rings. The van der Waals surface area contributed by atoms with Crippen molar-refractivity contribution >= 4 is 45.2 Å². The number of thiophene rings is 1. The maximum absolute atomic E-state index is 12.7. The highest BCUT2D eigenvalue weighted by atomic mass is 32.1. The molecule has 1 aliphatic carbocycles. The number of fused-ring (bicyclic) bond motifs is 2. The number of nitrogens with one attached hydrogen (secondary N) is 1. The van der Waals surface area contributed by atoms with Crippen molar-refractivity contribution in [2.45, 2.75) is 45.6 Å². The molecule has 0 fully saturated rings. The van der Waals surface area contributed by atoms with E-state index in [4.69, 9.17) is 13.9 Å². The zero-order chi connectivity index (χ0) is 23.5.